The number of alkyl halides is 3. The topological polar surface area (TPSA) is 58.2 Å². The molecule has 0 amide bonds. The van der Waals surface area contributed by atoms with Crippen LogP contribution in [0.3, 0.4) is 0 Å². The van der Waals surface area contributed by atoms with Crippen molar-refractivity contribution < 1.29 is 21.6 Å². The Hall–Kier alpha value is -1.28. The number of rotatable bonds is 6. The van der Waals surface area contributed by atoms with Crippen molar-refractivity contribution >= 4 is 15.7 Å². The van der Waals surface area contributed by atoms with Gasteiger partial charge in [0.05, 0.1) is 16.5 Å². The molecule has 4 nitrogen and oxygen atoms in total. The highest BCUT2D eigenvalue weighted by atomic mass is 32.2. The molecule has 1 rings (SSSR count). The summed E-state index contributed by atoms with van der Waals surface area (Å²) in [4.78, 5) is 0. The molecular weight excluding hydrogens is 293 g/mol. The predicted molar refractivity (Wildman–Crippen MR) is 72.0 cm³/mol. The van der Waals surface area contributed by atoms with E-state index in [1.54, 1.807) is 0 Å². The Balaban J connectivity index is 2.99. The smallest absolute Gasteiger partial charge is 0.316 e. The molecule has 1 aromatic rings. The molecular formula is C12H17F3N2O2S. The van der Waals surface area contributed by atoms with Crippen molar-refractivity contribution in [3.63, 3.8) is 0 Å². The van der Waals surface area contributed by atoms with Crippen molar-refractivity contribution in [3.8, 4) is 0 Å². The zero-order chi connectivity index (χ0) is 15.4. The molecule has 1 atom stereocenters. The lowest BCUT2D eigenvalue weighted by molar-refractivity contribution is -0.136. The normalized spacial score (nSPS) is 14.1. The van der Waals surface area contributed by atoms with E-state index in [4.69, 9.17) is 0 Å². The van der Waals surface area contributed by atoms with Crippen LogP contribution in [0, 0.1) is 0 Å². The number of hydrogen-bond acceptors (Lipinski definition) is 3. The van der Waals surface area contributed by atoms with E-state index in [1.165, 1.54) is 19.1 Å². The highest BCUT2D eigenvalue weighted by molar-refractivity contribution is 7.93. The van der Waals surface area contributed by atoms with Crippen LogP contribution in [0.2, 0.25) is 0 Å². The Morgan fingerprint density at radius 2 is 1.85 bits per heavy atom. The van der Waals surface area contributed by atoms with Gasteiger partial charge in [-0.25, -0.2) is 8.42 Å². The number of benzene rings is 1. The van der Waals surface area contributed by atoms with Crippen LogP contribution in [0.1, 0.15) is 19.4 Å². The molecule has 0 bridgehead atoms. The lowest BCUT2D eigenvalue weighted by atomic mass is 10.2. The van der Waals surface area contributed by atoms with Gasteiger partial charge < -0.3 is 5.32 Å². The molecule has 0 radical (unpaired) electrons. The zero-order valence-electron chi connectivity index (χ0n) is 11.2. The Kier molecular flexibility index (Phi) is 5.41. The Labute approximate surface area is 116 Å². The Morgan fingerprint density at radius 3 is 2.40 bits per heavy atom. The van der Waals surface area contributed by atoms with E-state index in [1.807, 2.05) is 11.6 Å². The molecule has 0 fully saturated rings. The van der Waals surface area contributed by atoms with Crippen LogP contribution >= 0.6 is 0 Å². The summed E-state index contributed by atoms with van der Waals surface area (Å²) >= 11 is 0. The predicted octanol–water partition coefficient (Wildman–Crippen LogP) is 2.45. The SMILES string of the molecule is CCNCC(C)S(=O)(=O)Nc1ccccc1C(F)(F)F. The van der Waals surface area contributed by atoms with Gasteiger partial charge in [-0.15, -0.1) is 0 Å². The summed E-state index contributed by atoms with van der Waals surface area (Å²) in [6.45, 7) is 3.99. The van der Waals surface area contributed by atoms with Gasteiger partial charge in [0.1, 0.15) is 0 Å². The minimum Gasteiger partial charge on any atom is -0.316 e. The van der Waals surface area contributed by atoms with Gasteiger partial charge in [-0.1, -0.05) is 19.1 Å². The van der Waals surface area contributed by atoms with Crippen molar-refractivity contribution in [2.24, 2.45) is 0 Å². The first-order valence-electron chi connectivity index (χ1n) is 6.07. The molecule has 0 aliphatic heterocycles. The van der Waals surface area contributed by atoms with Gasteiger partial charge in [-0.2, -0.15) is 13.2 Å². The highest BCUT2D eigenvalue weighted by Crippen LogP contribution is 2.35. The van der Waals surface area contributed by atoms with Gasteiger partial charge in [-0.3, -0.25) is 4.72 Å². The van der Waals surface area contributed by atoms with Gasteiger partial charge in [0.2, 0.25) is 10.0 Å². The minimum absolute atomic E-state index is 0.167. The first-order chi connectivity index (χ1) is 9.18. The lowest BCUT2D eigenvalue weighted by Gasteiger charge is -2.18. The largest absolute Gasteiger partial charge is 0.418 e. The van der Waals surface area contributed by atoms with Gasteiger partial charge >= 0.3 is 6.18 Å². The van der Waals surface area contributed by atoms with Gasteiger partial charge in [0, 0.05) is 6.54 Å². The summed E-state index contributed by atoms with van der Waals surface area (Å²) in [5, 5.41) is 2.00. The van der Waals surface area contributed by atoms with Crippen molar-refractivity contribution in [1.29, 1.82) is 0 Å². The second-order valence-corrected chi connectivity index (χ2v) is 6.41. The van der Waals surface area contributed by atoms with E-state index >= 15 is 0 Å². The van der Waals surface area contributed by atoms with E-state index < -0.39 is 32.7 Å². The standard InChI is InChI=1S/C12H17F3N2O2S/c1-3-16-8-9(2)20(18,19)17-11-7-5-4-6-10(11)12(13,14)15/h4-7,9,16-17H,3,8H2,1-2H3. The average molecular weight is 310 g/mol. The van der Waals surface area contributed by atoms with Crippen molar-refractivity contribution in [2.75, 3.05) is 17.8 Å². The fourth-order valence-corrected chi connectivity index (χ4v) is 2.55. The van der Waals surface area contributed by atoms with Crippen LogP contribution in [-0.2, 0) is 16.2 Å². The van der Waals surface area contributed by atoms with Crippen molar-refractivity contribution in [2.45, 2.75) is 25.3 Å². The average Bonchev–Trinajstić information content (AvgIpc) is 2.34. The van der Waals surface area contributed by atoms with Gasteiger partial charge in [-0.05, 0) is 25.6 Å². The molecule has 0 saturated carbocycles. The van der Waals surface area contributed by atoms with Crippen molar-refractivity contribution in [3.05, 3.63) is 29.8 Å². The molecule has 0 aromatic heterocycles. The summed E-state index contributed by atoms with van der Waals surface area (Å²) in [6.07, 6.45) is -4.61. The van der Waals surface area contributed by atoms with Crippen LogP contribution in [0.4, 0.5) is 18.9 Å². The van der Waals surface area contributed by atoms with Crippen LogP contribution in [0.5, 0.6) is 0 Å². The molecule has 1 aromatic carbocycles. The highest BCUT2D eigenvalue weighted by Gasteiger charge is 2.34. The molecule has 0 heterocycles. The van der Waals surface area contributed by atoms with E-state index in [0.29, 0.717) is 6.54 Å². The van der Waals surface area contributed by atoms with E-state index in [0.717, 1.165) is 12.1 Å². The number of halogens is 3. The summed E-state index contributed by atoms with van der Waals surface area (Å²) in [5.74, 6) is 0. The number of sulfonamides is 1. The van der Waals surface area contributed by atoms with Gasteiger partial charge in [0.15, 0.2) is 0 Å². The van der Waals surface area contributed by atoms with Crippen LogP contribution in [0.15, 0.2) is 24.3 Å². The fourth-order valence-electron chi connectivity index (χ4n) is 1.53. The monoisotopic (exact) mass is 310 g/mol. The Bertz CT molecular complexity index is 544. The maximum atomic E-state index is 12.8. The molecule has 1 unspecified atom stereocenters. The first-order valence-corrected chi connectivity index (χ1v) is 7.61. The van der Waals surface area contributed by atoms with Crippen LogP contribution < -0.4 is 10.0 Å². The third kappa shape index (κ3) is 4.38. The third-order valence-corrected chi connectivity index (χ3v) is 4.43. The number of nitrogens with one attached hydrogen (secondary N) is 2. The van der Waals surface area contributed by atoms with Crippen LogP contribution in [0.25, 0.3) is 0 Å². The molecule has 20 heavy (non-hydrogen) atoms. The summed E-state index contributed by atoms with van der Waals surface area (Å²) in [5.41, 5.74) is -1.46. The molecule has 0 aliphatic carbocycles. The van der Waals surface area contributed by atoms with Crippen molar-refractivity contribution in [1.82, 2.24) is 5.32 Å². The summed E-state index contributed by atoms with van der Waals surface area (Å²) in [6, 6.07) is 4.50. The molecule has 2 N–H and O–H groups in total. The number of anilines is 1. The number of para-hydroxylation sites is 1. The molecule has 0 saturated heterocycles. The quantitative estimate of drug-likeness (QED) is 0.848. The van der Waals surface area contributed by atoms with Gasteiger partial charge in [0.25, 0.3) is 0 Å². The molecule has 114 valence electrons. The van der Waals surface area contributed by atoms with Crippen LogP contribution in [-0.4, -0.2) is 26.8 Å². The Morgan fingerprint density at radius 1 is 1.25 bits per heavy atom. The molecule has 8 heteroatoms. The summed E-state index contributed by atoms with van der Waals surface area (Å²) < 4.78 is 64.3. The number of hydrogen-bond donors (Lipinski definition) is 2. The first kappa shape index (κ1) is 16.8. The second-order valence-electron chi connectivity index (χ2n) is 4.31. The second kappa shape index (κ2) is 6.45. The lowest BCUT2D eigenvalue weighted by Crippen LogP contribution is -2.35. The molecule has 0 spiro atoms. The molecule has 0 aliphatic rings. The minimum atomic E-state index is -4.61. The van der Waals surface area contributed by atoms with E-state index in [2.05, 4.69) is 5.32 Å². The maximum absolute atomic E-state index is 12.8. The fraction of sp³-hybridized carbons (Fsp3) is 0.500. The maximum Gasteiger partial charge on any atom is 0.418 e. The third-order valence-electron chi connectivity index (χ3n) is 2.70. The van der Waals surface area contributed by atoms with E-state index in [-0.39, 0.29) is 6.54 Å². The summed E-state index contributed by atoms with van der Waals surface area (Å²) in [7, 11) is -3.88. The van der Waals surface area contributed by atoms with E-state index in [9.17, 15) is 21.6 Å². The zero-order valence-corrected chi connectivity index (χ0v) is 12.0.